The number of carbonyl (C=O) groups excluding carboxylic acids is 1. The van der Waals surface area contributed by atoms with Gasteiger partial charge in [-0.2, -0.15) is 0 Å². The Labute approximate surface area is 108 Å². The maximum atomic E-state index is 11.9. The highest BCUT2D eigenvalue weighted by atomic mass is 35.5. The Morgan fingerprint density at radius 2 is 2.24 bits per heavy atom. The minimum atomic E-state index is -0.131. The summed E-state index contributed by atoms with van der Waals surface area (Å²) in [4.78, 5) is 15.8. The van der Waals surface area contributed by atoms with Gasteiger partial charge in [-0.25, -0.2) is 0 Å². The molecular formula is C13H19ClN2O. The van der Waals surface area contributed by atoms with Crippen molar-refractivity contribution in [1.29, 1.82) is 0 Å². The molecule has 0 saturated carbocycles. The van der Waals surface area contributed by atoms with Crippen LogP contribution in [0.25, 0.3) is 0 Å². The van der Waals surface area contributed by atoms with E-state index in [1.54, 1.807) is 12.3 Å². The molecule has 0 radical (unpaired) electrons. The molecule has 0 aromatic carbocycles. The zero-order chi connectivity index (χ0) is 12.8. The molecule has 1 N–H and O–H groups in total. The maximum absolute atomic E-state index is 11.9. The molecule has 94 valence electrons. The fourth-order valence-electron chi connectivity index (χ4n) is 1.69. The molecule has 1 amide bonds. The summed E-state index contributed by atoms with van der Waals surface area (Å²) in [6.07, 6.45) is 5.15. The summed E-state index contributed by atoms with van der Waals surface area (Å²) in [5.41, 5.74) is 0.484. The van der Waals surface area contributed by atoms with E-state index in [0.29, 0.717) is 16.5 Å². The van der Waals surface area contributed by atoms with Crippen molar-refractivity contribution in [3.63, 3.8) is 0 Å². The van der Waals surface area contributed by atoms with Crippen LogP contribution in [0, 0.1) is 5.92 Å². The molecule has 0 bridgehead atoms. The van der Waals surface area contributed by atoms with E-state index < -0.39 is 0 Å². The molecule has 0 aliphatic rings. The quantitative estimate of drug-likeness (QED) is 0.876. The van der Waals surface area contributed by atoms with Crippen LogP contribution in [0.1, 0.15) is 44.0 Å². The van der Waals surface area contributed by atoms with E-state index >= 15 is 0 Å². The molecule has 2 unspecified atom stereocenters. The molecule has 3 nitrogen and oxygen atoms in total. The van der Waals surface area contributed by atoms with Gasteiger partial charge in [0.05, 0.1) is 10.6 Å². The number of carbonyl (C=O) groups is 1. The molecule has 0 aliphatic heterocycles. The second-order valence-corrected chi connectivity index (χ2v) is 4.89. The monoisotopic (exact) mass is 254 g/mol. The molecule has 17 heavy (non-hydrogen) atoms. The predicted molar refractivity (Wildman–Crippen MR) is 70.2 cm³/mol. The lowest BCUT2D eigenvalue weighted by Crippen LogP contribution is -2.33. The van der Waals surface area contributed by atoms with Crippen molar-refractivity contribution in [3.05, 3.63) is 29.0 Å². The molecular weight excluding hydrogens is 236 g/mol. The van der Waals surface area contributed by atoms with Gasteiger partial charge in [0.15, 0.2) is 0 Å². The number of amides is 1. The van der Waals surface area contributed by atoms with Gasteiger partial charge in [0.2, 0.25) is 0 Å². The van der Waals surface area contributed by atoms with Gasteiger partial charge in [-0.3, -0.25) is 9.78 Å². The lowest BCUT2D eigenvalue weighted by molar-refractivity contribution is 0.0935. The second kappa shape index (κ2) is 6.60. The summed E-state index contributed by atoms with van der Waals surface area (Å²) in [5, 5.41) is 3.34. The zero-order valence-electron chi connectivity index (χ0n) is 10.5. The van der Waals surface area contributed by atoms with Crippen molar-refractivity contribution in [2.45, 2.75) is 39.7 Å². The van der Waals surface area contributed by atoms with Crippen molar-refractivity contribution >= 4 is 17.5 Å². The highest BCUT2D eigenvalue weighted by Gasteiger charge is 2.14. The summed E-state index contributed by atoms with van der Waals surface area (Å²) in [6.45, 7) is 6.35. The van der Waals surface area contributed by atoms with Crippen LogP contribution in [-0.2, 0) is 0 Å². The largest absolute Gasteiger partial charge is 0.350 e. The first kappa shape index (κ1) is 14.0. The van der Waals surface area contributed by atoms with Gasteiger partial charge < -0.3 is 5.32 Å². The van der Waals surface area contributed by atoms with E-state index in [-0.39, 0.29) is 11.9 Å². The van der Waals surface area contributed by atoms with E-state index in [9.17, 15) is 4.79 Å². The van der Waals surface area contributed by atoms with E-state index in [4.69, 9.17) is 11.6 Å². The Bertz CT molecular complexity index is 381. The first-order valence-electron chi connectivity index (χ1n) is 5.95. The van der Waals surface area contributed by atoms with Gasteiger partial charge in [-0.05, 0) is 25.3 Å². The zero-order valence-corrected chi connectivity index (χ0v) is 11.3. The molecule has 1 rings (SSSR count). The Hall–Kier alpha value is -1.09. The first-order chi connectivity index (χ1) is 8.04. The SMILES string of the molecule is CCC(C)CC(C)NC(=O)c1ccncc1Cl. The third-order valence-electron chi connectivity index (χ3n) is 2.85. The summed E-state index contributed by atoms with van der Waals surface area (Å²) in [6, 6.07) is 1.79. The number of pyridine rings is 1. The molecule has 1 aromatic heterocycles. The van der Waals surface area contributed by atoms with Gasteiger partial charge in [0, 0.05) is 18.4 Å². The van der Waals surface area contributed by atoms with Crippen LogP contribution in [0.15, 0.2) is 18.5 Å². The number of hydrogen-bond acceptors (Lipinski definition) is 2. The van der Waals surface area contributed by atoms with Gasteiger partial charge in [0.1, 0.15) is 0 Å². The molecule has 2 atom stereocenters. The highest BCUT2D eigenvalue weighted by Crippen LogP contribution is 2.14. The molecule has 0 spiro atoms. The lowest BCUT2D eigenvalue weighted by atomic mass is 10.0. The summed E-state index contributed by atoms with van der Waals surface area (Å²) < 4.78 is 0. The molecule has 0 aliphatic carbocycles. The molecule has 1 heterocycles. The Morgan fingerprint density at radius 1 is 1.53 bits per heavy atom. The minimum Gasteiger partial charge on any atom is -0.350 e. The van der Waals surface area contributed by atoms with Crippen LogP contribution in [0.3, 0.4) is 0 Å². The summed E-state index contributed by atoms with van der Waals surface area (Å²) in [7, 11) is 0. The smallest absolute Gasteiger partial charge is 0.253 e. The van der Waals surface area contributed by atoms with E-state index in [1.165, 1.54) is 6.20 Å². The average Bonchev–Trinajstić information content (AvgIpc) is 2.29. The summed E-state index contributed by atoms with van der Waals surface area (Å²) >= 11 is 5.91. The van der Waals surface area contributed by atoms with Gasteiger partial charge in [-0.1, -0.05) is 31.9 Å². The van der Waals surface area contributed by atoms with Crippen LogP contribution in [-0.4, -0.2) is 16.9 Å². The minimum absolute atomic E-state index is 0.131. The third-order valence-corrected chi connectivity index (χ3v) is 3.15. The highest BCUT2D eigenvalue weighted by molar-refractivity contribution is 6.33. The van der Waals surface area contributed by atoms with Crippen molar-refractivity contribution < 1.29 is 4.79 Å². The van der Waals surface area contributed by atoms with Crippen molar-refractivity contribution in [2.24, 2.45) is 5.92 Å². The van der Waals surface area contributed by atoms with E-state index in [0.717, 1.165) is 12.8 Å². The topological polar surface area (TPSA) is 42.0 Å². The van der Waals surface area contributed by atoms with Crippen LogP contribution < -0.4 is 5.32 Å². The molecule has 1 aromatic rings. The number of nitrogens with one attached hydrogen (secondary N) is 1. The third kappa shape index (κ3) is 4.35. The van der Waals surface area contributed by atoms with Crippen LogP contribution in [0.2, 0.25) is 5.02 Å². The van der Waals surface area contributed by atoms with E-state index in [2.05, 4.69) is 24.1 Å². The standard InChI is InChI=1S/C13H19ClN2O/c1-4-9(2)7-10(3)16-13(17)11-5-6-15-8-12(11)14/h5-6,8-10H,4,7H2,1-3H3,(H,16,17). The first-order valence-corrected chi connectivity index (χ1v) is 6.32. The molecule has 0 saturated heterocycles. The second-order valence-electron chi connectivity index (χ2n) is 4.48. The fraction of sp³-hybridized carbons (Fsp3) is 0.538. The Balaban J connectivity index is 2.58. The normalized spacial score (nSPS) is 14.1. The predicted octanol–water partition coefficient (Wildman–Crippen LogP) is 3.29. The number of nitrogens with zero attached hydrogens (tertiary/aromatic N) is 1. The van der Waals surface area contributed by atoms with Crippen LogP contribution >= 0.6 is 11.6 Å². The number of aromatic nitrogens is 1. The number of halogens is 1. The summed E-state index contributed by atoms with van der Waals surface area (Å²) in [5.74, 6) is 0.478. The average molecular weight is 255 g/mol. The van der Waals surface area contributed by atoms with Crippen molar-refractivity contribution in [3.8, 4) is 0 Å². The van der Waals surface area contributed by atoms with Gasteiger partial charge >= 0.3 is 0 Å². The molecule has 4 heteroatoms. The Kier molecular flexibility index (Phi) is 5.42. The van der Waals surface area contributed by atoms with Crippen LogP contribution in [0.4, 0.5) is 0 Å². The van der Waals surface area contributed by atoms with Crippen LogP contribution in [0.5, 0.6) is 0 Å². The van der Waals surface area contributed by atoms with Gasteiger partial charge in [-0.15, -0.1) is 0 Å². The lowest BCUT2D eigenvalue weighted by Gasteiger charge is -2.17. The van der Waals surface area contributed by atoms with E-state index in [1.807, 2.05) is 6.92 Å². The fourth-order valence-corrected chi connectivity index (χ4v) is 1.90. The maximum Gasteiger partial charge on any atom is 0.253 e. The number of hydrogen-bond donors (Lipinski definition) is 1. The Morgan fingerprint density at radius 3 is 2.82 bits per heavy atom. The number of rotatable bonds is 5. The van der Waals surface area contributed by atoms with Gasteiger partial charge in [0.25, 0.3) is 5.91 Å². The van der Waals surface area contributed by atoms with Crippen molar-refractivity contribution in [1.82, 2.24) is 10.3 Å². The van der Waals surface area contributed by atoms with Crippen molar-refractivity contribution in [2.75, 3.05) is 0 Å². The molecule has 0 fully saturated rings.